The molecule has 1 aromatic carbocycles. The van der Waals surface area contributed by atoms with E-state index in [1.54, 1.807) is 0 Å². The smallest absolute Gasteiger partial charge is 0.302 e. The predicted octanol–water partition coefficient (Wildman–Crippen LogP) is -0.269. The third-order valence-electron chi connectivity index (χ3n) is 1.59. The maximum absolute atomic E-state index is 11.3. The Morgan fingerprint density at radius 2 is 1.56 bits per heavy atom. The van der Waals surface area contributed by atoms with Crippen molar-refractivity contribution in [1.82, 2.24) is 0 Å². The molecule has 0 amide bonds. The van der Waals surface area contributed by atoms with Gasteiger partial charge in [-0.2, -0.15) is 20.8 Å². The van der Waals surface area contributed by atoms with Gasteiger partial charge in [-0.15, -0.1) is 0 Å². The summed E-state index contributed by atoms with van der Waals surface area (Å²) in [7, 11) is -14.8. The molecule has 0 spiro atoms. The summed E-state index contributed by atoms with van der Waals surface area (Å²) in [6.45, 7) is 0. The van der Waals surface area contributed by atoms with Crippen LogP contribution < -0.4 is 0 Å². The molecule has 0 unspecified atom stereocenters. The lowest BCUT2D eigenvalue weighted by Crippen LogP contribution is -2.06. The van der Waals surface area contributed by atoms with Gasteiger partial charge >= 0.3 is 17.9 Å². The molecular weight excluding hydrogens is 311 g/mol. The van der Waals surface area contributed by atoms with Crippen molar-refractivity contribution in [3.05, 3.63) is 24.3 Å². The van der Waals surface area contributed by atoms with Crippen LogP contribution in [0.5, 0.6) is 0 Å². The molecule has 102 valence electrons. The minimum atomic E-state index is -5.31. The van der Waals surface area contributed by atoms with Crippen molar-refractivity contribution in [3.63, 3.8) is 0 Å². The molecular formula is C6H7O9PS2. The van der Waals surface area contributed by atoms with Gasteiger partial charge < -0.3 is 9.79 Å². The second-order valence-electron chi connectivity index (χ2n) is 2.97. The SMILES string of the molecule is O=P(O)(O)OS(=O)(=O)c1cccc(S(=O)(=O)O)c1. The quantitative estimate of drug-likeness (QED) is 0.502. The minimum absolute atomic E-state index is 0.500. The molecule has 1 rings (SSSR count). The van der Waals surface area contributed by atoms with E-state index >= 15 is 0 Å². The van der Waals surface area contributed by atoms with E-state index in [9.17, 15) is 21.4 Å². The molecule has 0 atom stereocenters. The van der Waals surface area contributed by atoms with Crippen molar-refractivity contribution in [2.24, 2.45) is 0 Å². The predicted molar refractivity (Wildman–Crippen MR) is 56.6 cm³/mol. The highest BCUT2D eigenvalue weighted by Crippen LogP contribution is 2.40. The van der Waals surface area contributed by atoms with Crippen LogP contribution in [0.4, 0.5) is 0 Å². The number of hydrogen-bond donors (Lipinski definition) is 3. The Kier molecular flexibility index (Phi) is 3.98. The minimum Gasteiger partial charge on any atom is -0.302 e. The van der Waals surface area contributed by atoms with Gasteiger partial charge in [0.1, 0.15) is 0 Å². The van der Waals surface area contributed by atoms with E-state index in [2.05, 4.69) is 3.97 Å². The molecule has 0 heterocycles. The number of phosphoric acid groups is 1. The molecule has 0 bridgehead atoms. The summed E-state index contributed by atoms with van der Waals surface area (Å²) in [4.78, 5) is 15.2. The zero-order valence-corrected chi connectivity index (χ0v) is 10.9. The fourth-order valence-corrected chi connectivity index (χ4v) is 3.45. The highest BCUT2D eigenvalue weighted by Gasteiger charge is 2.28. The zero-order chi connectivity index (χ0) is 14.2. The molecule has 1 aromatic rings. The Bertz CT molecular complexity index is 698. The van der Waals surface area contributed by atoms with Crippen molar-refractivity contribution in [2.45, 2.75) is 9.79 Å². The lowest BCUT2D eigenvalue weighted by molar-refractivity contribution is 0.285. The maximum atomic E-state index is 11.3. The van der Waals surface area contributed by atoms with E-state index in [1.165, 1.54) is 0 Å². The van der Waals surface area contributed by atoms with Gasteiger partial charge in [0, 0.05) is 0 Å². The molecule has 0 aliphatic rings. The summed E-state index contributed by atoms with van der Waals surface area (Å²) in [5.41, 5.74) is 0. The summed E-state index contributed by atoms with van der Waals surface area (Å²) in [5.74, 6) is 0. The standard InChI is InChI=1S/C6H7O9PS2/c7-16(8,9)15-18(13,14)6-3-1-2-5(4-6)17(10,11)12/h1-4H,(H2,7,8,9)(H,10,11,12). The second kappa shape index (κ2) is 4.70. The Morgan fingerprint density at radius 1 is 1.06 bits per heavy atom. The molecule has 0 fully saturated rings. The molecule has 18 heavy (non-hydrogen) atoms. The first-order chi connectivity index (χ1) is 7.92. The van der Waals surface area contributed by atoms with Crippen LogP contribution >= 0.6 is 7.82 Å². The van der Waals surface area contributed by atoms with Crippen molar-refractivity contribution in [2.75, 3.05) is 0 Å². The molecule has 0 aliphatic carbocycles. The summed E-state index contributed by atoms with van der Waals surface area (Å²) < 4.78 is 66.9. The third kappa shape index (κ3) is 4.14. The van der Waals surface area contributed by atoms with Gasteiger partial charge in [-0.1, -0.05) is 6.07 Å². The number of hydrogen-bond acceptors (Lipinski definition) is 6. The molecule has 0 radical (unpaired) electrons. The van der Waals surface area contributed by atoms with Crippen LogP contribution in [0.2, 0.25) is 0 Å². The van der Waals surface area contributed by atoms with E-state index in [0.717, 1.165) is 18.2 Å². The van der Waals surface area contributed by atoms with Crippen LogP contribution in [0.15, 0.2) is 34.1 Å². The van der Waals surface area contributed by atoms with Crippen LogP contribution in [-0.2, 0) is 28.8 Å². The lowest BCUT2D eigenvalue weighted by atomic mass is 10.4. The summed E-state index contributed by atoms with van der Waals surface area (Å²) >= 11 is 0. The van der Waals surface area contributed by atoms with E-state index in [1.807, 2.05) is 0 Å². The maximum Gasteiger partial charge on any atom is 0.484 e. The zero-order valence-electron chi connectivity index (χ0n) is 8.36. The molecule has 3 N–H and O–H groups in total. The summed E-state index contributed by atoms with van der Waals surface area (Å²) in [6, 6.07) is 3.20. The van der Waals surface area contributed by atoms with Crippen molar-refractivity contribution >= 4 is 28.1 Å². The second-order valence-corrected chi connectivity index (χ2v) is 7.35. The number of rotatable bonds is 4. The normalized spacial score (nSPS) is 13.5. The summed E-state index contributed by atoms with van der Waals surface area (Å²) in [5, 5.41) is 0. The molecule has 0 saturated carbocycles. The Hall–Kier alpha value is -0.810. The van der Waals surface area contributed by atoms with Gasteiger partial charge in [0.2, 0.25) is 0 Å². The Labute approximate surface area is 102 Å². The Balaban J connectivity index is 3.32. The van der Waals surface area contributed by atoms with Gasteiger partial charge in [0.25, 0.3) is 10.1 Å². The van der Waals surface area contributed by atoms with Gasteiger partial charge in [-0.05, 0) is 18.2 Å². The van der Waals surface area contributed by atoms with Gasteiger partial charge in [0.05, 0.1) is 9.79 Å². The van der Waals surface area contributed by atoms with Crippen LogP contribution in [0.25, 0.3) is 0 Å². The fourth-order valence-electron chi connectivity index (χ4n) is 0.961. The van der Waals surface area contributed by atoms with E-state index in [-0.39, 0.29) is 0 Å². The molecule has 12 heteroatoms. The van der Waals surface area contributed by atoms with Crippen LogP contribution in [-0.4, -0.2) is 31.2 Å². The first-order valence-corrected chi connectivity index (χ1v) is 8.39. The van der Waals surface area contributed by atoms with Crippen molar-refractivity contribution in [1.29, 1.82) is 0 Å². The molecule has 0 aromatic heterocycles. The highest BCUT2D eigenvalue weighted by atomic mass is 32.2. The average Bonchev–Trinajstić information content (AvgIpc) is 2.13. The van der Waals surface area contributed by atoms with Crippen molar-refractivity contribution < 1.29 is 39.7 Å². The number of benzene rings is 1. The first kappa shape index (κ1) is 15.2. The summed E-state index contributed by atoms with van der Waals surface area (Å²) in [6.07, 6.45) is 0. The van der Waals surface area contributed by atoms with Gasteiger partial charge in [0.15, 0.2) is 0 Å². The Morgan fingerprint density at radius 3 is 2.00 bits per heavy atom. The lowest BCUT2D eigenvalue weighted by Gasteiger charge is -2.06. The fraction of sp³-hybridized carbons (Fsp3) is 0. The molecule has 0 saturated heterocycles. The van der Waals surface area contributed by atoms with Crippen molar-refractivity contribution in [3.8, 4) is 0 Å². The highest BCUT2D eigenvalue weighted by molar-refractivity contribution is 7.90. The largest absolute Gasteiger partial charge is 0.484 e. The van der Waals surface area contributed by atoms with E-state index < -0.39 is 37.8 Å². The monoisotopic (exact) mass is 318 g/mol. The van der Waals surface area contributed by atoms with Gasteiger partial charge in [-0.3, -0.25) is 4.55 Å². The van der Waals surface area contributed by atoms with Crippen LogP contribution in [0, 0.1) is 0 Å². The molecule has 9 nitrogen and oxygen atoms in total. The van der Waals surface area contributed by atoms with Gasteiger partial charge in [-0.25, -0.2) is 4.57 Å². The third-order valence-corrected chi connectivity index (χ3v) is 4.83. The average molecular weight is 318 g/mol. The van der Waals surface area contributed by atoms with E-state index in [0.29, 0.717) is 6.07 Å². The van der Waals surface area contributed by atoms with Crippen LogP contribution in [0.1, 0.15) is 0 Å². The topological polar surface area (TPSA) is 155 Å². The van der Waals surface area contributed by atoms with E-state index in [4.69, 9.17) is 14.3 Å². The first-order valence-electron chi connectivity index (χ1n) is 4.01. The molecule has 0 aliphatic heterocycles. The van der Waals surface area contributed by atoms with Crippen LogP contribution in [0.3, 0.4) is 0 Å².